The van der Waals surface area contributed by atoms with Crippen LogP contribution in [0.1, 0.15) is 5.56 Å². The van der Waals surface area contributed by atoms with Crippen LogP contribution in [-0.4, -0.2) is 23.5 Å². The second-order valence-electron chi connectivity index (χ2n) is 3.50. The molecule has 0 radical (unpaired) electrons. The van der Waals surface area contributed by atoms with E-state index in [4.69, 9.17) is 16.2 Å². The minimum Gasteiger partial charge on any atom is -0.484 e. The van der Waals surface area contributed by atoms with Crippen molar-refractivity contribution in [3.8, 4) is 5.75 Å². The average Bonchev–Trinajstić information content (AvgIpc) is 2.26. The van der Waals surface area contributed by atoms with Crippen molar-refractivity contribution in [3.05, 3.63) is 33.9 Å². The van der Waals surface area contributed by atoms with E-state index >= 15 is 0 Å². The third kappa shape index (κ3) is 3.15. The first-order valence-corrected chi connectivity index (χ1v) is 4.85. The lowest BCUT2D eigenvalue weighted by atomic mass is 10.2. The molecule has 0 heterocycles. The number of rotatable bonds is 5. The summed E-state index contributed by atoms with van der Waals surface area (Å²) in [5.41, 5.74) is 10.8. The molecule has 17 heavy (non-hydrogen) atoms. The standard InChI is InChI=1S/C10H13N3O4/c1-6-3-2-4-8(13(15)16)9(6)17-5-7(11)10(12)14/h2-4,7H,5,11H2,1H3,(H2,12,14). The van der Waals surface area contributed by atoms with Crippen LogP contribution >= 0.6 is 0 Å². The van der Waals surface area contributed by atoms with Crippen molar-refractivity contribution in [2.45, 2.75) is 13.0 Å². The van der Waals surface area contributed by atoms with Gasteiger partial charge in [0, 0.05) is 6.07 Å². The number of ether oxygens (including phenoxy) is 1. The Morgan fingerprint density at radius 3 is 2.76 bits per heavy atom. The van der Waals surface area contributed by atoms with E-state index in [0.29, 0.717) is 5.56 Å². The SMILES string of the molecule is Cc1cccc([N+](=O)[O-])c1OCC(N)C(N)=O. The van der Waals surface area contributed by atoms with Gasteiger partial charge in [-0.3, -0.25) is 14.9 Å². The highest BCUT2D eigenvalue weighted by Crippen LogP contribution is 2.30. The second kappa shape index (κ2) is 5.26. The molecule has 0 fully saturated rings. The van der Waals surface area contributed by atoms with Crippen molar-refractivity contribution >= 4 is 11.6 Å². The Morgan fingerprint density at radius 2 is 2.24 bits per heavy atom. The molecule has 1 amide bonds. The first kappa shape index (κ1) is 12.9. The van der Waals surface area contributed by atoms with Crippen molar-refractivity contribution in [1.82, 2.24) is 0 Å². The number of aryl methyl sites for hydroxylation is 1. The zero-order chi connectivity index (χ0) is 13.0. The third-order valence-electron chi connectivity index (χ3n) is 2.16. The summed E-state index contributed by atoms with van der Waals surface area (Å²) in [4.78, 5) is 20.9. The van der Waals surface area contributed by atoms with Crippen LogP contribution in [-0.2, 0) is 4.79 Å². The first-order valence-electron chi connectivity index (χ1n) is 4.85. The van der Waals surface area contributed by atoms with Gasteiger partial charge in [-0.15, -0.1) is 0 Å². The molecule has 1 rings (SSSR count). The zero-order valence-corrected chi connectivity index (χ0v) is 9.25. The van der Waals surface area contributed by atoms with Gasteiger partial charge in [-0.2, -0.15) is 0 Å². The predicted octanol–water partition coefficient (Wildman–Crippen LogP) is 0.0946. The monoisotopic (exact) mass is 239 g/mol. The Bertz CT molecular complexity index is 447. The number of carbonyl (C=O) groups excluding carboxylic acids is 1. The van der Waals surface area contributed by atoms with Gasteiger partial charge in [0.2, 0.25) is 5.91 Å². The van der Waals surface area contributed by atoms with Crippen molar-refractivity contribution in [2.75, 3.05) is 6.61 Å². The molecule has 0 spiro atoms. The number of amides is 1. The molecule has 0 saturated heterocycles. The molecule has 92 valence electrons. The fourth-order valence-corrected chi connectivity index (χ4v) is 1.22. The molecule has 0 aliphatic carbocycles. The van der Waals surface area contributed by atoms with Gasteiger partial charge < -0.3 is 16.2 Å². The van der Waals surface area contributed by atoms with Crippen LogP contribution in [0.5, 0.6) is 5.75 Å². The van der Waals surface area contributed by atoms with E-state index in [1.165, 1.54) is 6.07 Å². The van der Waals surface area contributed by atoms with Crippen molar-refractivity contribution in [2.24, 2.45) is 11.5 Å². The van der Waals surface area contributed by atoms with Gasteiger partial charge >= 0.3 is 5.69 Å². The highest BCUT2D eigenvalue weighted by atomic mass is 16.6. The van der Waals surface area contributed by atoms with E-state index in [0.717, 1.165) is 0 Å². The van der Waals surface area contributed by atoms with Crippen LogP contribution in [0.3, 0.4) is 0 Å². The Hall–Kier alpha value is -2.15. The molecule has 0 saturated carbocycles. The van der Waals surface area contributed by atoms with E-state index in [2.05, 4.69) is 0 Å². The summed E-state index contributed by atoms with van der Waals surface area (Å²) in [5, 5.41) is 10.8. The van der Waals surface area contributed by atoms with Gasteiger partial charge in [0.15, 0.2) is 5.75 Å². The van der Waals surface area contributed by atoms with Gasteiger partial charge in [-0.1, -0.05) is 12.1 Å². The lowest BCUT2D eigenvalue weighted by Gasteiger charge is -2.11. The highest BCUT2D eigenvalue weighted by Gasteiger charge is 2.19. The maximum absolute atomic E-state index is 10.8. The van der Waals surface area contributed by atoms with Crippen LogP contribution in [0.25, 0.3) is 0 Å². The average molecular weight is 239 g/mol. The predicted molar refractivity (Wildman–Crippen MR) is 60.5 cm³/mol. The van der Waals surface area contributed by atoms with Gasteiger partial charge in [-0.25, -0.2) is 0 Å². The van der Waals surface area contributed by atoms with Crippen LogP contribution in [0.4, 0.5) is 5.69 Å². The van der Waals surface area contributed by atoms with Crippen molar-refractivity contribution in [1.29, 1.82) is 0 Å². The number of nitro benzene ring substituents is 1. The number of nitrogens with zero attached hydrogens (tertiary/aromatic N) is 1. The highest BCUT2D eigenvalue weighted by molar-refractivity contribution is 5.79. The largest absolute Gasteiger partial charge is 0.484 e. The summed E-state index contributed by atoms with van der Waals surface area (Å²) in [7, 11) is 0. The topological polar surface area (TPSA) is 121 Å². The van der Waals surface area contributed by atoms with Gasteiger partial charge in [0.05, 0.1) is 4.92 Å². The van der Waals surface area contributed by atoms with E-state index in [-0.39, 0.29) is 18.0 Å². The quantitative estimate of drug-likeness (QED) is 0.557. The van der Waals surface area contributed by atoms with Gasteiger partial charge in [0.25, 0.3) is 0 Å². The summed E-state index contributed by atoms with van der Waals surface area (Å²) in [5.74, 6) is -0.615. The lowest BCUT2D eigenvalue weighted by Crippen LogP contribution is -2.41. The molecule has 1 aromatic carbocycles. The Balaban J connectivity index is 2.90. The van der Waals surface area contributed by atoms with Crippen molar-refractivity contribution < 1.29 is 14.5 Å². The molecule has 0 aliphatic rings. The summed E-state index contributed by atoms with van der Waals surface area (Å²) < 4.78 is 5.18. The molecule has 1 unspecified atom stereocenters. The van der Waals surface area contributed by atoms with E-state index in [9.17, 15) is 14.9 Å². The van der Waals surface area contributed by atoms with Crippen LogP contribution in [0, 0.1) is 17.0 Å². The molecular weight excluding hydrogens is 226 g/mol. The van der Waals surface area contributed by atoms with Crippen LogP contribution in [0.15, 0.2) is 18.2 Å². The Kier molecular flexibility index (Phi) is 4.00. The number of primary amides is 1. The molecular formula is C10H13N3O4. The van der Waals surface area contributed by atoms with Crippen LogP contribution < -0.4 is 16.2 Å². The molecule has 1 atom stereocenters. The fourth-order valence-electron chi connectivity index (χ4n) is 1.22. The normalized spacial score (nSPS) is 11.9. The summed E-state index contributed by atoms with van der Waals surface area (Å²) in [6.45, 7) is 1.47. The van der Waals surface area contributed by atoms with Crippen molar-refractivity contribution in [3.63, 3.8) is 0 Å². The minimum atomic E-state index is -0.991. The number of hydrogen-bond donors (Lipinski definition) is 2. The first-order chi connectivity index (χ1) is 7.93. The number of hydrogen-bond acceptors (Lipinski definition) is 5. The maximum Gasteiger partial charge on any atom is 0.311 e. The molecule has 4 N–H and O–H groups in total. The molecule has 7 heteroatoms. The van der Waals surface area contributed by atoms with E-state index in [1.807, 2.05) is 0 Å². The zero-order valence-electron chi connectivity index (χ0n) is 9.25. The second-order valence-corrected chi connectivity index (χ2v) is 3.50. The summed E-state index contributed by atoms with van der Waals surface area (Å²) in [6.07, 6.45) is 0. The summed E-state index contributed by atoms with van der Waals surface area (Å²) >= 11 is 0. The number of carbonyl (C=O) groups is 1. The maximum atomic E-state index is 10.8. The molecule has 0 aromatic heterocycles. The Labute approximate surface area is 97.5 Å². The third-order valence-corrected chi connectivity index (χ3v) is 2.16. The van der Waals surface area contributed by atoms with E-state index < -0.39 is 16.9 Å². The van der Waals surface area contributed by atoms with Gasteiger partial charge in [0.1, 0.15) is 12.6 Å². The smallest absolute Gasteiger partial charge is 0.311 e. The number of para-hydroxylation sites is 1. The minimum absolute atomic E-state index is 0.106. The van der Waals surface area contributed by atoms with E-state index in [1.54, 1.807) is 19.1 Å². The number of nitrogens with two attached hydrogens (primary N) is 2. The number of benzene rings is 1. The molecule has 7 nitrogen and oxygen atoms in total. The molecule has 0 aliphatic heterocycles. The lowest BCUT2D eigenvalue weighted by molar-refractivity contribution is -0.385. The van der Waals surface area contributed by atoms with Gasteiger partial charge in [-0.05, 0) is 12.5 Å². The number of nitro groups is 1. The summed E-state index contributed by atoms with van der Waals surface area (Å²) in [6, 6.07) is 3.54. The molecule has 1 aromatic rings. The fraction of sp³-hybridized carbons (Fsp3) is 0.300. The molecule has 0 bridgehead atoms. The Morgan fingerprint density at radius 1 is 1.59 bits per heavy atom. The van der Waals surface area contributed by atoms with Crippen LogP contribution in [0.2, 0.25) is 0 Å².